The van der Waals surface area contributed by atoms with Crippen molar-refractivity contribution < 1.29 is 18.0 Å². The second-order valence-corrected chi connectivity index (χ2v) is 10.1. The molecule has 2 aliphatic heterocycles. The minimum atomic E-state index is -3.50. The summed E-state index contributed by atoms with van der Waals surface area (Å²) >= 11 is 0. The highest BCUT2D eigenvalue weighted by molar-refractivity contribution is 7.89. The van der Waals surface area contributed by atoms with Crippen LogP contribution in [-0.2, 0) is 19.6 Å². The molecule has 0 saturated carbocycles. The third kappa shape index (κ3) is 5.17. The monoisotopic (exact) mass is 421 g/mol. The minimum absolute atomic E-state index is 0.0240. The zero-order chi connectivity index (χ0) is 21.0. The zero-order valence-corrected chi connectivity index (χ0v) is 18.1. The van der Waals surface area contributed by atoms with E-state index in [1.54, 1.807) is 17.0 Å². The third-order valence-corrected chi connectivity index (χ3v) is 7.78. The predicted octanol–water partition coefficient (Wildman–Crippen LogP) is 2.69. The molecular formula is C21H31N3O4S. The SMILES string of the molecule is CCCCN1C[C@@H](C(=O)Nc2ccc(S(=O)(=O)N3CCC(C)CC3)cc2)CC1=O. The highest BCUT2D eigenvalue weighted by Crippen LogP contribution is 2.25. The number of sulfonamides is 1. The highest BCUT2D eigenvalue weighted by atomic mass is 32.2. The molecule has 0 aliphatic carbocycles. The largest absolute Gasteiger partial charge is 0.342 e. The number of carbonyl (C=O) groups excluding carboxylic acids is 2. The summed E-state index contributed by atoms with van der Waals surface area (Å²) in [6, 6.07) is 6.30. The van der Waals surface area contributed by atoms with Gasteiger partial charge in [0, 0.05) is 38.3 Å². The predicted molar refractivity (Wildman–Crippen MR) is 112 cm³/mol. The summed E-state index contributed by atoms with van der Waals surface area (Å²) in [5.41, 5.74) is 0.542. The summed E-state index contributed by atoms with van der Waals surface area (Å²) < 4.78 is 27.1. The van der Waals surface area contributed by atoms with E-state index in [2.05, 4.69) is 19.2 Å². The molecule has 0 radical (unpaired) electrons. The molecule has 0 spiro atoms. The van der Waals surface area contributed by atoms with Crippen molar-refractivity contribution >= 4 is 27.5 Å². The molecule has 2 fully saturated rings. The fraction of sp³-hybridized carbons (Fsp3) is 0.619. The van der Waals surface area contributed by atoms with Crippen molar-refractivity contribution in [1.29, 1.82) is 0 Å². The van der Waals surface area contributed by atoms with E-state index < -0.39 is 10.0 Å². The van der Waals surface area contributed by atoms with E-state index in [1.807, 2.05) is 0 Å². The van der Waals surface area contributed by atoms with Gasteiger partial charge in [0.25, 0.3) is 0 Å². The molecule has 160 valence electrons. The molecule has 1 aromatic carbocycles. The van der Waals surface area contributed by atoms with Crippen LogP contribution in [0, 0.1) is 11.8 Å². The van der Waals surface area contributed by atoms with E-state index in [-0.39, 0.29) is 29.0 Å². The van der Waals surface area contributed by atoms with Gasteiger partial charge in [-0.25, -0.2) is 8.42 Å². The molecule has 2 heterocycles. The molecule has 0 bridgehead atoms. The maximum atomic E-state index is 12.8. The molecule has 2 saturated heterocycles. The summed E-state index contributed by atoms with van der Waals surface area (Å²) in [6.07, 6.45) is 3.93. The van der Waals surface area contributed by atoms with Crippen LogP contribution in [-0.4, -0.2) is 55.6 Å². The van der Waals surface area contributed by atoms with Crippen molar-refractivity contribution in [3.8, 4) is 0 Å². The summed E-state index contributed by atoms with van der Waals surface area (Å²) in [6.45, 7) is 6.45. The van der Waals surface area contributed by atoms with Gasteiger partial charge in [-0.1, -0.05) is 20.3 Å². The number of anilines is 1. The highest BCUT2D eigenvalue weighted by Gasteiger charge is 2.34. The lowest BCUT2D eigenvalue weighted by atomic mass is 10.0. The molecule has 1 aromatic rings. The molecule has 1 N–H and O–H groups in total. The number of amides is 2. The Labute approximate surface area is 173 Å². The molecule has 7 nitrogen and oxygen atoms in total. The van der Waals surface area contributed by atoms with Crippen molar-refractivity contribution in [3.63, 3.8) is 0 Å². The number of nitrogens with zero attached hydrogens (tertiary/aromatic N) is 2. The van der Waals surface area contributed by atoms with E-state index in [0.717, 1.165) is 25.7 Å². The second kappa shape index (κ2) is 9.26. The van der Waals surface area contributed by atoms with Crippen LogP contribution < -0.4 is 5.32 Å². The smallest absolute Gasteiger partial charge is 0.243 e. The van der Waals surface area contributed by atoms with Crippen molar-refractivity contribution in [2.24, 2.45) is 11.8 Å². The van der Waals surface area contributed by atoms with Crippen molar-refractivity contribution in [1.82, 2.24) is 9.21 Å². The van der Waals surface area contributed by atoms with E-state index in [9.17, 15) is 18.0 Å². The number of hydrogen-bond donors (Lipinski definition) is 1. The summed E-state index contributed by atoms with van der Waals surface area (Å²) in [4.78, 5) is 26.6. The summed E-state index contributed by atoms with van der Waals surface area (Å²) in [5.74, 6) is 0.0198. The maximum Gasteiger partial charge on any atom is 0.243 e. The number of benzene rings is 1. The van der Waals surface area contributed by atoms with Crippen LogP contribution in [0.4, 0.5) is 5.69 Å². The van der Waals surface area contributed by atoms with Gasteiger partial charge in [-0.05, 0) is 49.4 Å². The van der Waals surface area contributed by atoms with Crippen LogP contribution in [0.1, 0.15) is 46.0 Å². The van der Waals surface area contributed by atoms with Crippen LogP contribution in [0.25, 0.3) is 0 Å². The van der Waals surface area contributed by atoms with Gasteiger partial charge in [-0.3, -0.25) is 9.59 Å². The van der Waals surface area contributed by atoms with Crippen LogP contribution in [0.5, 0.6) is 0 Å². The molecule has 0 unspecified atom stereocenters. The third-order valence-electron chi connectivity index (χ3n) is 5.87. The Kier molecular flexibility index (Phi) is 6.95. The lowest BCUT2D eigenvalue weighted by molar-refractivity contribution is -0.128. The van der Waals surface area contributed by atoms with Gasteiger partial charge in [0.05, 0.1) is 10.8 Å². The average Bonchev–Trinajstić information content (AvgIpc) is 3.08. The first-order valence-electron chi connectivity index (χ1n) is 10.5. The fourth-order valence-corrected chi connectivity index (χ4v) is 5.31. The van der Waals surface area contributed by atoms with Crippen molar-refractivity contribution in [3.05, 3.63) is 24.3 Å². The van der Waals surface area contributed by atoms with Crippen LogP contribution in [0.15, 0.2) is 29.2 Å². The topological polar surface area (TPSA) is 86.8 Å². The zero-order valence-electron chi connectivity index (χ0n) is 17.3. The second-order valence-electron chi connectivity index (χ2n) is 8.19. The normalized spacial score (nSPS) is 21.5. The van der Waals surface area contributed by atoms with Gasteiger partial charge in [0.1, 0.15) is 0 Å². The Balaban J connectivity index is 1.59. The Hall–Kier alpha value is -1.93. The van der Waals surface area contributed by atoms with Gasteiger partial charge in [-0.15, -0.1) is 0 Å². The first kappa shape index (κ1) is 21.8. The average molecular weight is 422 g/mol. The van der Waals surface area contributed by atoms with Gasteiger partial charge in [-0.2, -0.15) is 4.31 Å². The van der Waals surface area contributed by atoms with E-state index in [4.69, 9.17) is 0 Å². The number of piperidine rings is 1. The Morgan fingerprint density at radius 2 is 1.83 bits per heavy atom. The molecule has 0 aromatic heterocycles. The van der Waals surface area contributed by atoms with E-state index >= 15 is 0 Å². The molecular weight excluding hydrogens is 390 g/mol. The molecule has 1 atom stereocenters. The van der Waals surface area contributed by atoms with Crippen LogP contribution in [0.2, 0.25) is 0 Å². The Bertz CT molecular complexity index is 830. The maximum absolute atomic E-state index is 12.8. The number of carbonyl (C=O) groups is 2. The lowest BCUT2D eigenvalue weighted by Gasteiger charge is -2.29. The number of likely N-dealkylation sites (tertiary alicyclic amines) is 1. The minimum Gasteiger partial charge on any atom is -0.342 e. The first-order chi connectivity index (χ1) is 13.8. The molecule has 29 heavy (non-hydrogen) atoms. The van der Waals surface area contributed by atoms with E-state index in [0.29, 0.717) is 37.8 Å². The lowest BCUT2D eigenvalue weighted by Crippen LogP contribution is -2.37. The molecule has 2 amide bonds. The standard InChI is InChI=1S/C21H31N3O4S/c1-3-4-11-23-15-17(14-20(23)25)21(26)22-18-5-7-19(8-6-18)29(27,28)24-12-9-16(2)10-13-24/h5-8,16-17H,3-4,9-15H2,1-2H3,(H,22,26)/t17-/m0/s1. The molecule has 2 aliphatic rings. The summed E-state index contributed by atoms with van der Waals surface area (Å²) in [5, 5.41) is 2.82. The first-order valence-corrected chi connectivity index (χ1v) is 11.9. The van der Waals surface area contributed by atoms with Gasteiger partial charge in [0.15, 0.2) is 0 Å². The van der Waals surface area contributed by atoms with Gasteiger partial charge < -0.3 is 10.2 Å². The number of hydrogen-bond acceptors (Lipinski definition) is 4. The van der Waals surface area contributed by atoms with Gasteiger partial charge >= 0.3 is 0 Å². The quantitative estimate of drug-likeness (QED) is 0.733. The fourth-order valence-electron chi connectivity index (χ4n) is 3.84. The van der Waals surface area contributed by atoms with Crippen LogP contribution >= 0.6 is 0 Å². The Morgan fingerprint density at radius 3 is 2.45 bits per heavy atom. The van der Waals surface area contributed by atoms with E-state index in [1.165, 1.54) is 16.4 Å². The molecule has 8 heteroatoms. The summed E-state index contributed by atoms with van der Waals surface area (Å²) in [7, 11) is -3.50. The number of rotatable bonds is 7. The Morgan fingerprint density at radius 1 is 1.17 bits per heavy atom. The number of unbranched alkanes of at least 4 members (excludes halogenated alkanes) is 1. The van der Waals surface area contributed by atoms with Crippen molar-refractivity contribution in [2.75, 3.05) is 31.5 Å². The van der Waals surface area contributed by atoms with Crippen molar-refractivity contribution in [2.45, 2.75) is 50.8 Å². The molecule has 3 rings (SSSR count). The number of nitrogens with one attached hydrogen (secondary N) is 1. The van der Waals surface area contributed by atoms with Crippen LogP contribution in [0.3, 0.4) is 0 Å². The van der Waals surface area contributed by atoms with Gasteiger partial charge in [0.2, 0.25) is 21.8 Å².